The first-order valence-corrected chi connectivity index (χ1v) is 9.73. The minimum absolute atomic E-state index is 0.000173. The summed E-state index contributed by atoms with van der Waals surface area (Å²) < 4.78 is 0. The zero-order valence-corrected chi connectivity index (χ0v) is 17.0. The Balaban J connectivity index is 0.000000589. The summed E-state index contributed by atoms with van der Waals surface area (Å²) in [5.41, 5.74) is 3.36. The van der Waals surface area contributed by atoms with Crippen LogP contribution in [0.3, 0.4) is 0 Å². The highest BCUT2D eigenvalue weighted by Gasteiger charge is 2.32. The molecule has 1 heterocycles. The van der Waals surface area contributed by atoms with Crippen LogP contribution in [0, 0.1) is 0 Å². The number of aliphatic carboxylic acids is 1. The van der Waals surface area contributed by atoms with Gasteiger partial charge in [-0.05, 0) is 48.6 Å². The van der Waals surface area contributed by atoms with Gasteiger partial charge in [0.15, 0.2) is 0 Å². The van der Waals surface area contributed by atoms with Crippen molar-refractivity contribution in [1.82, 2.24) is 10.3 Å². The molecule has 1 aliphatic rings. The van der Waals surface area contributed by atoms with E-state index in [2.05, 4.69) is 41.5 Å². The lowest BCUT2D eigenvalue weighted by atomic mass is 9.97. The molecule has 0 unspecified atom stereocenters. The molecule has 158 valence electrons. The number of β-amino-alcohol motifs (C(OH)–C–C–N with tert-alkyl or cyclic N) is 1. The monoisotopic (exact) mass is 410 g/mol. The van der Waals surface area contributed by atoms with E-state index < -0.39 is 12.1 Å². The van der Waals surface area contributed by atoms with Crippen LogP contribution in [0.4, 0.5) is 0 Å². The highest BCUT2D eigenvalue weighted by Crippen LogP contribution is 2.31. The Morgan fingerprint density at radius 3 is 2.33 bits per heavy atom. The molecule has 30 heavy (non-hydrogen) atoms. The maximum Gasteiger partial charge on any atom is 0.300 e. The summed E-state index contributed by atoms with van der Waals surface area (Å²) in [4.78, 5) is 23.2. The predicted octanol–water partition coefficient (Wildman–Crippen LogP) is 2.51. The highest BCUT2D eigenvalue weighted by atomic mass is 16.4. The molecular weight excluding hydrogens is 384 g/mol. The van der Waals surface area contributed by atoms with Crippen molar-refractivity contribution >= 4 is 16.9 Å². The maximum absolute atomic E-state index is 11.5. The fourth-order valence-corrected chi connectivity index (χ4v) is 3.93. The number of aliphatic hydroxyl groups is 1. The normalized spacial score (nSPS) is 15.2. The fraction of sp³-hybridized carbons (Fsp3) is 0.304. The Labute approximate surface area is 174 Å². The third-order valence-electron chi connectivity index (χ3n) is 5.27. The molecule has 0 spiro atoms. The first-order valence-electron chi connectivity index (χ1n) is 9.73. The van der Waals surface area contributed by atoms with Gasteiger partial charge in [0.2, 0.25) is 5.56 Å². The summed E-state index contributed by atoms with van der Waals surface area (Å²) in [5, 5.41) is 32.3. The van der Waals surface area contributed by atoms with Gasteiger partial charge in [0.25, 0.3) is 5.97 Å². The van der Waals surface area contributed by atoms with Gasteiger partial charge in [-0.15, -0.1) is 0 Å². The van der Waals surface area contributed by atoms with Crippen molar-refractivity contribution in [3.63, 3.8) is 0 Å². The van der Waals surface area contributed by atoms with Gasteiger partial charge in [0, 0.05) is 30.5 Å². The van der Waals surface area contributed by atoms with E-state index in [0.717, 1.165) is 19.8 Å². The molecule has 0 radical (unpaired) electrons. The van der Waals surface area contributed by atoms with Crippen molar-refractivity contribution in [2.45, 2.75) is 38.3 Å². The minimum Gasteiger partial charge on any atom is -0.506 e. The summed E-state index contributed by atoms with van der Waals surface area (Å²) in [7, 11) is 0. The number of rotatable bonds is 4. The summed E-state index contributed by atoms with van der Waals surface area (Å²) in [6.45, 7) is 3.65. The number of phenols is 1. The van der Waals surface area contributed by atoms with Crippen molar-refractivity contribution in [1.29, 1.82) is 0 Å². The van der Waals surface area contributed by atoms with E-state index in [1.54, 1.807) is 12.1 Å². The van der Waals surface area contributed by atoms with E-state index in [0.29, 0.717) is 23.0 Å². The van der Waals surface area contributed by atoms with Gasteiger partial charge in [-0.1, -0.05) is 30.3 Å². The van der Waals surface area contributed by atoms with Gasteiger partial charge in [0.1, 0.15) is 5.75 Å². The Morgan fingerprint density at radius 2 is 1.73 bits per heavy atom. The molecule has 1 atom stereocenters. The van der Waals surface area contributed by atoms with Gasteiger partial charge >= 0.3 is 0 Å². The Morgan fingerprint density at radius 1 is 1.13 bits per heavy atom. The van der Waals surface area contributed by atoms with E-state index in [1.807, 2.05) is 0 Å². The van der Waals surface area contributed by atoms with Crippen molar-refractivity contribution in [3.05, 3.63) is 75.6 Å². The molecule has 0 fully saturated rings. The Bertz CT molecular complexity index is 1090. The number of aromatic nitrogens is 1. The van der Waals surface area contributed by atoms with Crippen molar-refractivity contribution in [2.75, 3.05) is 6.54 Å². The Kier molecular flexibility index (Phi) is 6.24. The van der Waals surface area contributed by atoms with Crippen LogP contribution in [0.2, 0.25) is 0 Å². The van der Waals surface area contributed by atoms with Crippen LogP contribution < -0.4 is 10.9 Å². The molecule has 0 amide bonds. The number of H-pyrrole nitrogens is 1. The number of nitrogens with one attached hydrogen (secondary N) is 2. The molecule has 0 saturated carbocycles. The van der Waals surface area contributed by atoms with Crippen molar-refractivity contribution < 1.29 is 20.1 Å². The SMILES string of the molecule is CC(=O)O.CC1(NC[C@H](O)c2ccc(O)c3[nH]c(=O)ccc23)Cc2ccccc2C1. The second kappa shape index (κ2) is 8.69. The molecule has 0 saturated heterocycles. The molecule has 7 heteroatoms. The molecule has 0 bridgehead atoms. The van der Waals surface area contributed by atoms with Crippen LogP contribution in [-0.2, 0) is 17.6 Å². The van der Waals surface area contributed by atoms with Crippen molar-refractivity contribution in [3.8, 4) is 5.75 Å². The number of aliphatic hydroxyl groups excluding tert-OH is 1. The van der Waals surface area contributed by atoms with Crippen LogP contribution in [0.15, 0.2) is 53.3 Å². The zero-order chi connectivity index (χ0) is 21.9. The second-order valence-electron chi connectivity index (χ2n) is 7.88. The van der Waals surface area contributed by atoms with E-state index in [9.17, 15) is 15.0 Å². The molecular formula is C23H26N2O5. The number of hydrogen-bond acceptors (Lipinski definition) is 5. The van der Waals surface area contributed by atoms with Crippen LogP contribution >= 0.6 is 0 Å². The number of benzene rings is 2. The standard InChI is InChI=1S/C21H22N2O3.C2H4O2/c1-21(10-13-4-2-3-5-14(13)11-21)22-12-18(25)15-6-8-17(24)20-16(15)7-9-19(26)23-20;1-2(3)4/h2-9,18,22,24-25H,10-12H2,1H3,(H,23,26);1H3,(H,3,4)/t18-;/m0./s1. The fourth-order valence-electron chi connectivity index (χ4n) is 3.93. The third kappa shape index (κ3) is 4.87. The third-order valence-corrected chi connectivity index (χ3v) is 5.27. The van der Waals surface area contributed by atoms with Gasteiger partial charge < -0.3 is 25.6 Å². The molecule has 2 aromatic carbocycles. The molecule has 1 aliphatic carbocycles. The molecule has 7 nitrogen and oxygen atoms in total. The smallest absolute Gasteiger partial charge is 0.300 e. The average molecular weight is 410 g/mol. The van der Waals surface area contributed by atoms with Gasteiger partial charge in [-0.25, -0.2) is 0 Å². The predicted molar refractivity (Wildman–Crippen MR) is 115 cm³/mol. The summed E-state index contributed by atoms with van der Waals surface area (Å²) in [5.74, 6) is -0.834. The molecule has 4 rings (SSSR count). The van der Waals surface area contributed by atoms with Gasteiger partial charge in [0.05, 0.1) is 11.6 Å². The van der Waals surface area contributed by atoms with E-state index in [4.69, 9.17) is 9.90 Å². The molecule has 5 N–H and O–H groups in total. The topological polar surface area (TPSA) is 123 Å². The summed E-state index contributed by atoms with van der Waals surface area (Å²) in [6.07, 6.45) is 1.11. The zero-order valence-electron chi connectivity index (χ0n) is 17.0. The number of aromatic amines is 1. The van der Waals surface area contributed by atoms with Crippen molar-refractivity contribution in [2.24, 2.45) is 0 Å². The van der Waals surface area contributed by atoms with Crippen LogP contribution in [0.25, 0.3) is 10.9 Å². The average Bonchev–Trinajstić information content (AvgIpc) is 3.03. The maximum atomic E-state index is 11.5. The number of carboxylic acids is 1. The summed E-state index contributed by atoms with van der Waals surface area (Å²) >= 11 is 0. The van der Waals surface area contributed by atoms with Gasteiger partial charge in [-0.3, -0.25) is 9.59 Å². The van der Waals surface area contributed by atoms with E-state index in [1.165, 1.54) is 23.3 Å². The van der Waals surface area contributed by atoms with Crippen LogP contribution in [0.5, 0.6) is 5.75 Å². The molecule has 1 aromatic heterocycles. The van der Waals surface area contributed by atoms with Crippen LogP contribution in [-0.4, -0.2) is 38.4 Å². The Hall–Kier alpha value is -3.16. The van der Waals surface area contributed by atoms with Gasteiger partial charge in [-0.2, -0.15) is 0 Å². The second-order valence-corrected chi connectivity index (χ2v) is 7.88. The number of carboxylic acid groups (broad SMARTS) is 1. The summed E-state index contributed by atoms with van der Waals surface area (Å²) in [6, 6.07) is 14.7. The number of fused-ring (bicyclic) bond motifs is 2. The largest absolute Gasteiger partial charge is 0.506 e. The molecule has 3 aromatic rings. The first kappa shape index (κ1) is 21.5. The number of phenolic OH excluding ortho intramolecular Hbond substituents is 1. The number of hydrogen-bond donors (Lipinski definition) is 5. The quantitative estimate of drug-likeness (QED) is 0.450. The lowest BCUT2D eigenvalue weighted by Gasteiger charge is -2.27. The first-order chi connectivity index (χ1) is 14.2. The molecule has 0 aliphatic heterocycles. The number of carbonyl (C=O) groups is 1. The number of aromatic hydroxyl groups is 1. The van der Waals surface area contributed by atoms with E-state index in [-0.39, 0.29) is 16.8 Å². The lowest BCUT2D eigenvalue weighted by molar-refractivity contribution is -0.134. The van der Waals surface area contributed by atoms with E-state index >= 15 is 0 Å². The number of pyridine rings is 1. The highest BCUT2D eigenvalue weighted by molar-refractivity contribution is 5.87. The lowest BCUT2D eigenvalue weighted by Crippen LogP contribution is -2.45. The minimum atomic E-state index is -0.833. The van der Waals surface area contributed by atoms with Crippen LogP contribution in [0.1, 0.15) is 36.6 Å².